The number of hydrogen-bond donors (Lipinski definition) is 4. The number of benzene rings is 4. The van der Waals surface area contributed by atoms with Gasteiger partial charge >= 0.3 is 0 Å². The van der Waals surface area contributed by atoms with Crippen molar-refractivity contribution in [1.82, 2.24) is 0 Å². The standard InChI is InChI=1S/C32H27Cl5N4O3/c1-17-11-23(38-16-18-3-5-22(6-4-18)41-44-2)8-10-27(17)40-30(42)25-15-24(7-9-26(25)35)39-31(43)29-28(32(29,36)37)19-12-20(33)14-21(34)13-19/h3-15,28-29,38,41H,16H2,1-2H3,(H,39,43)(H,40,42). The van der Waals surface area contributed by atoms with E-state index in [1.165, 1.54) is 6.07 Å². The van der Waals surface area contributed by atoms with Crippen molar-refractivity contribution in [2.24, 2.45) is 5.92 Å². The molecule has 5 rings (SSSR count). The molecular formula is C32H27Cl5N4O3. The van der Waals surface area contributed by atoms with Crippen LogP contribution in [0.4, 0.5) is 22.7 Å². The Morgan fingerprint density at radius 3 is 2.14 bits per heavy atom. The molecule has 1 saturated carbocycles. The number of rotatable bonds is 10. The van der Waals surface area contributed by atoms with E-state index in [4.69, 9.17) is 62.8 Å². The Morgan fingerprint density at radius 1 is 0.818 bits per heavy atom. The summed E-state index contributed by atoms with van der Waals surface area (Å²) >= 11 is 31.6. The van der Waals surface area contributed by atoms with E-state index in [0.29, 0.717) is 33.5 Å². The third kappa shape index (κ3) is 7.37. The van der Waals surface area contributed by atoms with Gasteiger partial charge in [-0.2, -0.15) is 0 Å². The first-order valence-corrected chi connectivity index (χ1v) is 15.3. The Hall–Kier alpha value is -3.17. The average Bonchev–Trinajstić information content (AvgIpc) is 3.56. The molecule has 0 radical (unpaired) electrons. The lowest BCUT2D eigenvalue weighted by Crippen LogP contribution is -2.18. The molecule has 12 heteroatoms. The molecule has 0 heterocycles. The SMILES string of the molecule is CONc1ccc(CNc2ccc(NC(=O)c3cc(NC(=O)C4C(c5cc(Cl)cc(Cl)c5)C4(Cl)Cl)ccc3Cl)c(C)c2)cc1. The lowest BCUT2D eigenvalue weighted by Gasteiger charge is -2.14. The van der Waals surface area contributed by atoms with E-state index in [9.17, 15) is 9.59 Å². The zero-order valence-corrected chi connectivity index (χ0v) is 27.3. The number of hydrogen-bond acceptors (Lipinski definition) is 5. The Bertz CT molecular complexity index is 1690. The van der Waals surface area contributed by atoms with Crippen molar-refractivity contribution in [1.29, 1.82) is 0 Å². The Morgan fingerprint density at radius 2 is 1.48 bits per heavy atom. The van der Waals surface area contributed by atoms with Gasteiger partial charge in [0.2, 0.25) is 5.91 Å². The molecule has 228 valence electrons. The molecule has 4 N–H and O–H groups in total. The number of nitrogens with one attached hydrogen (secondary N) is 4. The van der Waals surface area contributed by atoms with Crippen LogP contribution in [0.25, 0.3) is 0 Å². The average molecular weight is 693 g/mol. The highest BCUT2D eigenvalue weighted by Gasteiger charge is 2.67. The summed E-state index contributed by atoms with van der Waals surface area (Å²) in [5.41, 5.74) is 8.33. The maximum atomic E-state index is 13.2. The van der Waals surface area contributed by atoms with E-state index in [1.807, 2.05) is 49.4 Å². The molecule has 2 amide bonds. The third-order valence-electron chi connectivity index (χ3n) is 7.20. The minimum absolute atomic E-state index is 0.189. The van der Waals surface area contributed by atoms with Crippen LogP contribution in [0.3, 0.4) is 0 Å². The monoisotopic (exact) mass is 690 g/mol. The molecular weight excluding hydrogens is 666 g/mol. The fourth-order valence-electron chi connectivity index (χ4n) is 4.94. The second-order valence-corrected chi connectivity index (χ2v) is 13.1. The van der Waals surface area contributed by atoms with E-state index in [-0.39, 0.29) is 10.6 Å². The molecule has 0 aromatic heterocycles. The molecule has 0 saturated heterocycles. The zero-order valence-electron chi connectivity index (χ0n) is 23.5. The number of aryl methyl sites for hydroxylation is 1. The van der Waals surface area contributed by atoms with E-state index >= 15 is 0 Å². The summed E-state index contributed by atoms with van der Waals surface area (Å²) in [7, 11) is 1.56. The van der Waals surface area contributed by atoms with Gasteiger partial charge in [0, 0.05) is 39.6 Å². The number of halogens is 5. The van der Waals surface area contributed by atoms with Crippen LogP contribution in [0.15, 0.2) is 78.9 Å². The molecule has 0 spiro atoms. The fraction of sp³-hybridized carbons (Fsp3) is 0.188. The van der Waals surface area contributed by atoms with Gasteiger partial charge in [-0.1, -0.05) is 46.9 Å². The van der Waals surface area contributed by atoms with Gasteiger partial charge in [0.15, 0.2) is 0 Å². The maximum Gasteiger partial charge on any atom is 0.257 e. The summed E-state index contributed by atoms with van der Waals surface area (Å²) in [6.07, 6.45) is 0. The highest BCUT2D eigenvalue weighted by molar-refractivity contribution is 6.53. The Labute approximate surface area is 280 Å². The predicted molar refractivity (Wildman–Crippen MR) is 181 cm³/mol. The number of amides is 2. The summed E-state index contributed by atoms with van der Waals surface area (Å²) in [6, 6.07) is 23.1. The van der Waals surface area contributed by atoms with E-state index in [0.717, 1.165) is 22.5 Å². The first kappa shape index (κ1) is 32.2. The van der Waals surface area contributed by atoms with Crippen molar-refractivity contribution in [2.45, 2.75) is 23.7 Å². The van der Waals surface area contributed by atoms with Crippen LogP contribution in [0.5, 0.6) is 0 Å². The van der Waals surface area contributed by atoms with Crippen molar-refractivity contribution in [3.63, 3.8) is 0 Å². The largest absolute Gasteiger partial charge is 0.381 e. The number of alkyl halides is 2. The topological polar surface area (TPSA) is 91.5 Å². The van der Waals surface area contributed by atoms with Crippen molar-refractivity contribution in [2.75, 3.05) is 28.5 Å². The summed E-state index contributed by atoms with van der Waals surface area (Å²) < 4.78 is -1.34. The summed E-state index contributed by atoms with van der Waals surface area (Å²) in [6.45, 7) is 2.52. The molecule has 4 aromatic rings. The van der Waals surface area contributed by atoms with Crippen LogP contribution in [-0.4, -0.2) is 23.3 Å². The normalized spacial score (nSPS) is 16.6. The molecule has 4 aromatic carbocycles. The van der Waals surface area contributed by atoms with Crippen molar-refractivity contribution >= 4 is 92.6 Å². The van der Waals surface area contributed by atoms with Gasteiger partial charge in [-0.05, 0) is 90.3 Å². The lowest BCUT2D eigenvalue weighted by atomic mass is 10.1. The maximum absolute atomic E-state index is 13.2. The Kier molecular flexibility index (Phi) is 9.85. The molecule has 2 atom stereocenters. The van der Waals surface area contributed by atoms with Gasteiger partial charge < -0.3 is 16.0 Å². The number of anilines is 4. The van der Waals surface area contributed by atoms with Crippen LogP contribution >= 0.6 is 58.0 Å². The van der Waals surface area contributed by atoms with Gasteiger partial charge in [0.05, 0.1) is 29.3 Å². The van der Waals surface area contributed by atoms with Crippen LogP contribution in [0, 0.1) is 12.8 Å². The molecule has 1 aliphatic carbocycles. The predicted octanol–water partition coefficient (Wildman–Crippen LogP) is 9.32. The highest BCUT2D eigenvalue weighted by Crippen LogP contribution is 2.65. The van der Waals surface area contributed by atoms with E-state index in [1.54, 1.807) is 37.4 Å². The number of carbonyl (C=O) groups is 2. The molecule has 1 aliphatic rings. The van der Waals surface area contributed by atoms with Crippen LogP contribution < -0.4 is 21.4 Å². The van der Waals surface area contributed by atoms with Gasteiger partial charge in [-0.3, -0.25) is 19.9 Å². The van der Waals surface area contributed by atoms with Gasteiger partial charge in [-0.15, -0.1) is 23.2 Å². The summed E-state index contributed by atoms with van der Waals surface area (Å²) in [5.74, 6) is -2.10. The molecule has 44 heavy (non-hydrogen) atoms. The fourth-order valence-corrected chi connectivity index (χ4v) is 6.51. The lowest BCUT2D eigenvalue weighted by molar-refractivity contribution is -0.117. The summed E-state index contributed by atoms with van der Waals surface area (Å²) in [4.78, 5) is 31.3. The quantitative estimate of drug-likeness (QED) is 0.0983. The van der Waals surface area contributed by atoms with E-state index < -0.39 is 28.0 Å². The minimum atomic E-state index is -1.34. The zero-order chi connectivity index (χ0) is 31.6. The van der Waals surface area contributed by atoms with Gasteiger partial charge in [0.25, 0.3) is 5.91 Å². The van der Waals surface area contributed by atoms with E-state index in [2.05, 4.69) is 21.4 Å². The van der Waals surface area contributed by atoms with Crippen LogP contribution in [0.1, 0.15) is 33.0 Å². The highest BCUT2D eigenvalue weighted by atomic mass is 35.5. The third-order valence-corrected chi connectivity index (χ3v) is 8.91. The first-order valence-electron chi connectivity index (χ1n) is 13.4. The smallest absolute Gasteiger partial charge is 0.257 e. The van der Waals surface area contributed by atoms with Crippen molar-refractivity contribution < 1.29 is 14.4 Å². The molecule has 2 unspecified atom stereocenters. The Balaban J connectivity index is 1.22. The first-order chi connectivity index (χ1) is 21.0. The molecule has 7 nitrogen and oxygen atoms in total. The molecule has 0 aliphatic heterocycles. The van der Waals surface area contributed by atoms with Crippen LogP contribution in [-0.2, 0) is 16.2 Å². The second-order valence-electron chi connectivity index (χ2n) is 10.4. The van der Waals surface area contributed by atoms with Gasteiger partial charge in [-0.25, -0.2) is 0 Å². The molecule has 0 bridgehead atoms. The van der Waals surface area contributed by atoms with Crippen molar-refractivity contribution in [3.05, 3.63) is 116 Å². The minimum Gasteiger partial charge on any atom is -0.381 e. The second kappa shape index (κ2) is 13.4. The summed E-state index contributed by atoms with van der Waals surface area (Å²) in [5, 5.41) is 10.1. The van der Waals surface area contributed by atoms with Gasteiger partial charge in [0.1, 0.15) is 4.33 Å². The number of carbonyl (C=O) groups excluding carboxylic acids is 2. The van der Waals surface area contributed by atoms with Crippen LogP contribution in [0.2, 0.25) is 15.1 Å². The van der Waals surface area contributed by atoms with Crippen molar-refractivity contribution in [3.8, 4) is 0 Å². The molecule has 1 fully saturated rings.